The van der Waals surface area contributed by atoms with E-state index >= 15 is 0 Å². The standard InChI is InChI=1S/C21H23NO4/c1-14(2)5-9-19-15(3)11-18(23)13-17(19)8-6-16-7-10-20(22(24)25)21(12-16)26-4/h5-8,10-13,23H,9H2,1-4H3/b8-6+. The summed E-state index contributed by atoms with van der Waals surface area (Å²) in [5.41, 5.74) is 5.01. The molecule has 0 aliphatic rings. The van der Waals surface area contributed by atoms with Gasteiger partial charge in [0.15, 0.2) is 5.75 Å². The van der Waals surface area contributed by atoms with E-state index in [9.17, 15) is 15.2 Å². The number of aromatic hydroxyl groups is 1. The molecule has 0 spiro atoms. The third-order valence-electron chi connectivity index (χ3n) is 4.06. The molecule has 2 rings (SSSR count). The Morgan fingerprint density at radius 1 is 1.23 bits per heavy atom. The first-order valence-corrected chi connectivity index (χ1v) is 8.28. The average Bonchev–Trinajstić information content (AvgIpc) is 2.58. The zero-order valence-corrected chi connectivity index (χ0v) is 15.4. The van der Waals surface area contributed by atoms with Gasteiger partial charge in [0.1, 0.15) is 5.75 Å². The number of hydrogen-bond acceptors (Lipinski definition) is 4. The molecule has 136 valence electrons. The highest BCUT2D eigenvalue weighted by Gasteiger charge is 2.14. The van der Waals surface area contributed by atoms with Crippen LogP contribution in [0.25, 0.3) is 12.2 Å². The molecule has 1 N–H and O–H groups in total. The normalized spacial score (nSPS) is 10.8. The number of methoxy groups -OCH3 is 1. The lowest BCUT2D eigenvalue weighted by molar-refractivity contribution is -0.385. The summed E-state index contributed by atoms with van der Waals surface area (Å²) in [6.07, 6.45) is 6.68. The number of phenolic OH excluding ortho intramolecular Hbond substituents is 1. The molecule has 0 saturated heterocycles. The van der Waals surface area contributed by atoms with Gasteiger partial charge in [0.05, 0.1) is 12.0 Å². The van der Waals surface area contributed by atoms with Crippen molar-refractivity contribution in [3.8, 4) is 11.5 Å². The first kappa shape index (κ1) is 19.2. The predicted octanol–water partition coefficient (Wildman–Crippen LogP) is 5.30. The van der Waals surface area contributed by atoms with Crippen LogP contribution in [-0.2, 0) is 6.42 Å². The van der Waals surface area contributed by atoms with E-state index in [1.807, 2.05) is 19.1 Å². The van der Waals surface area contributed by atoms with E-state index in [0.29, 0.717) is 0 Å². The summed E-state index contributed by atoms with van der Waals surface area (Å²) in [6, 6.07) is 8.19. The molecule has 0 bridgehead atoms. The summed E-state index contributed by atoms with van der Waals surface area (Å²) in [7, 11) is 1.41. The van der Waals surface area contributed by atoms with Gasteiger partial charge in [0.25, 0.3) is 0 Å². The smallest absolute Gasteiger partial charge is 0.310 e. The highest BCUT2D eigenvalue weighted by Crippen LogP contribution is 2.29. The molecule has 2 aromatic carbocycles. The fourth-order valence-electron chi connectivity index (χ4n) is 2.69. The Morgan fingerprint density at radius 2 is 1.96 bits per heavy atom. The molecule has 0 aliphatic heterocycles. The minimum Gasteiger partial charge on any atom is -0.508 e. The molecular weight excluding hydrogens is 330 g/mol. The van der Waals surface area contributed by atoms with Crippen molar-refractivity contribution >= 4 is 17.8 Å². The number of nitro benzene ring substituents is 1. The van der Waals surface area contributed by atoms with Crippen LogP contribution in [0.5, 0.6) is 11.5 Å². The molecule has 5 nitrogen and oxygen atoms in total. The van der Waals surface area contributed by atoms with Gasteiger partial charge in [-0.2, -0.15) is 0 Å². The van der Waals surface area contributed by atoms with Crippen LogP contribution < -0.4 is 4.74 Å². The van der Waals surface area contributed by atoms with Crippen LogP contribution in [0.15, 0.2) is 42.0 Å². The van der Waals surface area contributed by atoms with E-state index in [1.165, 1.54) is 18.7 Å². The summed E-state index contributed by atoms with van der Waals surface area (Å²) in [5, 5.41) is 20.9. The Labute approximate surface area is 153 Å². The average molecular weight is 353 g/mol. The largest absolute Gasteiger partial charge is 0.508 e. The van der Waals surface area contributed by atoms with Crippen molar-refractivity contribution < 1.29 is 14.8 Å². The van der Waals surface area contributed by atoms with Crippen molar-refractivity contribution in [2.75, 3.05) is 7.11 Å². The van der Waals surface area contributed by atoms with Crippen molar-refractivity contribution in [2.45, 2.75) is 27.2 Å². The quantitative estimate of drug-likeness (QED) is 0.331. The monoisotopic (exact) mass is 353 g/mol. The van der Waals surface area contributed by atoms with Crippen LogP contribution >= 0.6 is 0 Å². The Morgan fingerprint density at radius 3 is 2.58 bits per heavy atom. The second-order valence-corrected chi connectivity index (χ2v) is 6.34. The molecule has 0 unspecified atom stereocenters. The molecule has 0 atom stereocenters. The van der Waals surface area contributed by atoms with Crippen LogP contribution in [-0.4, -0.2) is 17.1 Å². The summed E-state index contributed by atoms with van der Waals surface area (Å²) in [4.78, 5) is 10.5. The minimum atomic E-state index is -0.470. The highest BCUT2D eigenvalue weighted by molar-refractivity contribution is 5.74. The SMILES string of the molecule is COc1cc(/C=C/c2cc(O)cc(C)c2CC=C(C)C)ccc1[N+](=O)[O-]. The second kappa shape index (κ2) is 8.34. The van der Waals surface area contributed by atoms with Crippen molar-refractivity contribution in [2.24, 2.45) is 0 Å². The lowest BCUT2D eigenvalue weighted by atomic mass is 9.96. The molecule has 0 heterocycles. The van der Waals surface area contributed by atoms with Gasteiger partial charge >= 0.3 is 5.69 Å². The molecule has 0 radical (unpaired) electrons. The second-order valence-electron chi connectivity index (χ2n) is 6.34. The van der Waals surface area contributed by atoms with Crippen LogP contribution in [0.3, 0.4) is 0 Å². The number of ether oxygens (including phenoxy) is 1. The topological polar surface area (TPSA) is 72.6 Å². The number of phenols is 1. The number of nitro groups is 1. The summed E-state index contributed by atoms with van der Waals surface area (Å²) in [6.45, 7) is 6.07. The van der Waals surface area contributed by atoms with Gasteiger partial charge in [-0.05, 0) is 73.7 Å². The molecule has 2 aromatic rings. The maximum absolute atomic E-state index is 11.0. The number of aryl methyl sites for hydroxylation is 1. The molecule has 0 amide bonds. The van der Waals surface area contributed by atoms with E-state index in [2.05, 4.69) is 19.9 Å². The minimum absolute atomic E-state index is 0.0675. The maximum Gasteiger partial charge on any atom is 0.310 e. The van der Waals surface area contributed by atoms with Crippen LogP contribution in [0, 0.1) is 17.0 Å². The molecular formula is C21H23NO4. The Kier molecular flexibility index (Phi) is 6.17. The Hall–Kier alpha value is -3.08. The van der Waals surface area contributed by atoms with Gasteiger partial charge in [0.2, 0.25) is 0 Å². The molecule has 0 fully saturated rings. The first-order chi connectivity index (χ1) is 12.3. The Balaban J connectivity index is 2.41. The predicted molar refractivity (Wildman–Crippen MR) is 105 cm³/mol. The molecule has 0 aromatic heterocycles. The third-order valence-corrected chi connectivity index (χ3v) is 4.06. The van der Waals surface area contributed by atoms with Crippen LogP contribution in [0.2, 0.25) is 0 Å². The van der Waals surface area contributed by atoms with Gasteiger partial charge in [0, 0.05) is 6.07 Å². The Bertz CT molecular complexity index is 878. The van der Waals surface area contributed by atoms with Crippen molar-refractivity contribution in [3.63, 3.8) is 0 Å². The van der Waals surface area contributed by atoms with E-state index < -0.39 is 4.92 Å². The molecule has 0 saturated carbocycles. The van der Waals surface area contributed by atoms with Gasteiger partial charge < -0.3 is 9.84 Å². The number of benzene rings is 2. The molecule has 26 heavy (non-hydrogen) atoms. The fraction of sp³-hybridized carbons (Fsp3) is 0.238. The van der Waals surface area contributed by atoms with E-state index in [0.717, 1.165) is 28.7 Å². The lowest BCUT2D eigenvalue weighted by Crippen LogP contribution is -1.94. The summed E-state index contributed by atoms with van der Waals surface area (Å²) in [5.74, 6) is 0.429. The number of hydrogen-bond donors (Lipinski definition) is 1. The number of nitrogens with zero attached hydrogens (tertiary/aromatic N) is 1. The van der Waals surface area contributed by atoms with Gasteiger partial charge in [-0.3, -0.25) is 10.1 Å². The summed E-state index contributed by atoms with van der Waals surface area (Å²) >= 11 is 0. The van der Waals surface area contributed by atoms with Crippen LogP contribution in [0.1, 0.15) is 36.1 Å². The maximum atomic E-state index is 11.0. The lowest BCUT2D eigenvalue weighted by Gasteiger charge is -2.10. The van der Waals surface area contributed by atoms with E-state index in [4.69, 9.17) is 4.74 Å². The number of rotatable bonds is 6. The van der Waals surface area contributed by atoms with Gasteiger partial charge in [-0.1, -0.05) is 23.8 Å². The van der Waals surface area contributed by atoms with E-state index in [-0.39, 0.29) is 17.2 Å². The zero-order valence-electron chi connectivity index (χ0n) is 15.4. The van der Waals surface area contributed by atoms with Crippen molar-refractivity contribution in [1.82, 2.24) is 0 Å². The fourth-order valence-corrected chi connectivity index (χ4v) is 2.69. The molecule has 5 heteroatoms. The van der Waals surface area contributed by atoms with Crippen molar-refractivity contribution in [1.29, 1.82) is 0 Å². The van der Waals surface area contributed by atoms with Crippen molar-refractivity contribution in [3.05, 3.63) is 74.3 Å². The van der Waals surface area contributed by atoms with Gasteiger partial charge in [-0.25, -0.2) is 0 Å². The van der Waals surface area contributed by atoms with E-state index in [1.54, 1.807) is 24.3 Å². The molecule has 0 aliphatic carbocycles. The number of allylic oxidation sites excluding steroid dienone is 2. The van der Waals surface area contributed by atoms with Gasteiger partial charge in [-0.15, -0.1) is 0 Å². The van der Waals surface area contributed by atoms with Crippen LogP contribution in [0.4, 0.5) is 5.69 Å². The zero-order chi connectivity index (χ0) is 19.3. The summed E-state index contributed by atoms with van der Waals surface area (Å²) < 4.78 is 5.10. The third kappa shape index (κ3) is 4.72. The highest BCUT2D eigenvalue weighted by atomic mass is 16.6. The first-order valence-electron chi connectivity index (χ1n) is 8.28.